The van der Waals surface area contributed by atoms with Crippen molar-refractivity contribution >= 4 is 5.91 Å². The highest BCUT2D eigenvalue weighted by atomic mass is 16.5. The van der Waals surface area contributed by atoms with Gasteiger partial charge >= 0.3 is 0 Å². The van der Waals surface area contributed by atoms with E-state index in [1.165, 1.54) is 30.7 Å². The van der Waals surface area contributed by atoms with E-state index in [9.17, 15) is 9.59 Å². The first-order valence-corrected chi connectivity index (χ1v) is 7.53. The number of nitrogens with zero attached hydrogens (tertiary/aromatic N) is 4. The summed E-state index contributed by atoms with van der Waals surface area (Å²) in [5, 5.41) is 9.03. The zero-order valence-electron chi connectivity index (χ0n) is 12.8. The van der Waals surface area contributed by atoms with Gasteiger partial charge in [-0.05, 0) is 18.9 Å². The number of nitrogens with one attached hydrogen (secondary N) is 1. The van der Waals surface area contributed by atoms with Crippen LogP contribution in [-0.4, -0.2) is 45.0 Å². The molecule has 2 aromatic rings. The molecule has 0 unspecified atom stereocenters. The van der Waals surface area contributed by atoms with E-state index in [2.05, 4.69) is 15.0 Å². The molecule has 3 heterocycles. The van der Waals surface area contributed by atoms with E-state index < -0.39 is 0 Å². The molecule has 0 bridgehead atoms. The van der Waals surface area contributed by atoms with Gasteiger partial charge in [0.2, 0.25) is 11.3 Å². The van der Waals surface area contributed by atoms with Gasteiger partial charge in [-0.15, -0.1) is 0 Å². The number of amides is 1. The Morgan fingerprint density at radius 1 is 1.38 bits per heavy atom. The Hall–Kier alpha value is -3.21. The average molecular weight is 325 g/mol. The van der Waals surface area contributed by atoms with Crippen molar-refractivity contribution in [1.29, 1.82) is 5.26 Å². The van der Waals surface area contributed by atoms with Gasteiger partial charge in [0, 0.05) is 31.2 Å². The minimum Gasteiger partial charge on any atom is -0.470 e. The number of carbonyl (C=O) groups is 1. The summed E-state index contributed by atoms with van der Waals surface area (Å²) in [4.78, 5) is 35.7. The van der Waals surface area contributed by atoms with Crippen LogP contribution in [0, 0.1) is 11.3 Å². The van der Waals surface area contributed by atoms with Crippen LogP contribution in [0.5, 0.6) is 5.88 Å². The van der Waals surface area contributed by atoms with E-state index in [1.54, 1.807) is 4.90 Å². The van der Waals surface area contributed by atoms with Gasteiger partial charge in [-0.2, -0.15) is 5.26 Å². The monoisotopic (exact) mass is 325 g/mol. The Bertz CT molecular complexity index is 822. The molecule has 0 aromatic carbocycles. The molecule has 8 nitrogen and oxygen atoms in total. The van der Waals surface area contributed by atoms with Crippen LogP contribution in [0.4, 0.5) is 0 Å². The molecule has 2 aromatic heterocycles. The van der Waals surface area contributed by atoms with Gasteiger partial charge in [0.05, 0.1) is 12.1 Å². The Morgan fingerprint density at radius 3 is 2.96 bits per heavy atom. The average Bonchev–Trinajstić information content (AvgIpc) is 2.62. The van der Waals surface area contributed by atoms with E-state index in [0.717, 1.165) is 12.8 Å². The number of H-pyrrole nitrogens is 1. The second kappa shape index (κ2) is 6.91. The highest BCUT2D eigenvalue weighted by Crippen LogP contribution is 2.19. The first-order chi connectivity index (χ1) is 11.7. The highest BCUT2D eigenvalue weighted by molar-refractivity contribution is 5.93. The number of nitriles is 1. The summed E-state index contributed by atoms with van der Waals surface area (Å²) in [6.45, 7) is 1.00. The SMILES string of the molecule is N#Cc1nccnc1O[C@@H]1CCCN(C(=O)c2ccc(=O)[nH]c2)C1. The highest BCUT2D eigenvalue weighted by Gasteiger charge is 2.26. The molecular formula is C16H15N5O3. The number of hydrogen-bond acceptors (Lipinski definition) is 6. The van der Waals surface area contributed by atoms with Crippen LogP contribution >= 0.6 is 0 Å². The van der Waals surface area contributed by atoms with Crippen molar-refractivity contribution in [2.45, 2.75) is 18.9 Å². The maximum Gasteiger partial charge on any atom is 0.255 e. The predicted octanol–water partition coefficient (Wildman–Crippen LogP) is 0.720. The van der Waals surface area contributed by atoms with Crippen molar-refractivity contribution in [1.82, 2.24) is 19.9 Å². The number of carbonyl (C=O) groups excluding carboxylic acids is 1. The number of hydrogen-bond donors (Lipinski definition) is 1. The fourth-order valence-electron chi connectivity index (χ4n) is 2.59. The molecule has 1 N–H and O–H groups in total. The minimum atomic E-state index is -0.255. The molecule has 1 saturated heterocycles. The van der Waals surface area contributed by atoms with Gasteiger partial charge < -0.3 is 14.6 Å². The summed E-state index contributed by atoms with van der Waals surface area (Å²) in [6, 6.07) is 4.76. The van der Waals surface area contributed by atoms with Gasteiger partial charge in [-0.1, -0.05) is 0 Å². The maximum absolute atomic E-state index is 12.5. The van der Waals surface area contributed by atoms with Crippen LogP contribution in [0.25, 0.3) is 0 Å². The molecule has 3 rings (SSSR count). The first-order valence-electron chi connectivity index (χ1n) is 7.53. The van der Waals surface area contributed by atoms with Crippen molar-refractivity contribution in [3.63, 3.8) is 0 Å². The van der Waals surface area contributed by atoms with Crippen molar-refractivity contribution in [2.75, 3.05) is 13.1 Å². The third kappa shape index (κ3) is 3.41. The second-order valence-electron chi connectivity index (χ2n) is 5.40. The van der Waals surface area contributed by atoms with E-state index in [4.69, 9.17) is 10.00 Å². The van der Waals surface area contributed by atoms with Crippen LogP contribution in [0.1, 0.15) is 28.9 Å². The van der Waals surface area contributed by atoms with Crippen molar-refractivity contribution in [3.8, 4) is 11.9 Å². The number of piperidine rings is 1. The molecule has 8 heteroatoms. The molecule has 1 aliphatic heterocycles. The van der Waals surface area contributed by atoms with E-state index >= 15 is 0 Å². The third-order valence-corrected chi connectivity index (χ3v) is 3.75. The molecule has 24 heavy (non-hydrogen) atoms. The van der Waals surface area contributed by atoms with Crippen LogP contribution in [0.3, 0.4) is 0 Å². The molecule has 0 radical (unpaired) electrons. The van der Waals surface area contributed by atoms with Crippen molar-refractivity contribution < 1.29 is 9.53 Å². The van der Waals surface area contributed by atoms with Crippen molar-refractivity contribution in [2.24, 2.45) is 0 Å². The minimum absolute atomic E-state index is 0.126. The van der Waals surface area contributed by atoms with Crippen LogP contribution in [0.15, 0.2) is 35.5 Å². The lowest BCUT2D eigenvalue weighted by Crippen LogP contribution is -2.44. The normalized spacial score (nSPS) is 17.1. The molecule has 0 saturated carbocycles. The summed E-state index contributed by atoms with van der Waals surface area (Å²) in [5.74, 6) is 0.0162. The zero-order chi connectivity index (χ0) is 16.9. The topological polar surface area (TPSA) is 112 Å². The summed E-state index contributed by atoms with van der Waals surface area (Å²) in [7, 11) is 0. The fraction of sp³-hybridized carbons (Fsp3) is 0.312. The smallest absolute Gasteiger partial charge is 0.255 e. The van der Waals surface area contributed by atoms with Crippen LogP contribution in [-0.2, 0) is 0 Å². The lowest BCUT2D eigenvalue weighted by molar-refractivity contribution is 0.0525. The van der Waals surface area contributed by atoms with Crippen LogP contribution < -0.4 is 10.3 Å². The standard InChI is InChI=1S/C16H15N5O3/c17-8-13-15(19-6-5-18-13)24-12-2-1-7-21(10-12)16(23)11-3-4-14(22)20-9-11/h3-6,9,12H,1-2,7,10H2,(H,20,22)/t12-/m1/s1. The Morgan fingerprint density at radius 2 is 2.21 bits per heavy atom. The van der Waals surface area contributed by atoms with Gasteiger partial charge in [-0.3, -0.25) is 9.59 Å². The Kier molecular flexibility index (Phi) is 4.52. The van der Waals surface area contributed by atoms with E-state index in [1.807, 2.05) is 6.07 Å². The largest absolute Gasteiger partial charge is 0.470 e. The lowest BCUT2D eigenvalue weighted by atomic mass is 10.1. The molecule has 1 amide bonds. The molecule has 122 valence electrons. The van der Waals surface area contributed by atoms with Gasteiger partial charge in [-0.25, -0.2) is 9.97 Å². The molecule has 0 spiro atoms. The Labute approximate surface area is 137 Å². The number of likely N-dealkylation sites (tertiary alicyclic amines) is 1. The number of aromatic nitrogens is 3. The first kappa shape index (κ1) is 15.7. The van der Waals surface area contributed by atoms with Gasteiger partial charge in [0.15, 0.2) is 0 Å². The van der Waals surface area contributed by atoms with E-state index in [-0.39, 0.29) is 29.1 Å². The molecule has 0 aliphatic carbocycles. The summed E-state index contributed by atoms with van der Waals surface area (Å²) in [5.41, 5.74) is 0.298. The van der Waals surface area contributed by atoms with Crippen molar-refractivity contribution in [3.05, 3.63) is 52.3 Å². The number of rotatable bonds is 3. The molecular weight excluding hydrogens is 310 g/mol. The third-order valence-electron chi connectivity index (χ3n) is 3.75. The molecule has 1 fully saturated rings. The maximum atomic E-state index is 12.5. The second-order valence-corrected chi connectivity index (χ2v) is 5.40. The molecule has 1 atom stereocenters. The van der Waals surface area contributed by atoms with Gasteiger partial charge in [0.25, 0.3) is 11.8 Å². The summed E-state index contributed by atoms with van der Waals surface area (Å²) >= 11 is 0. The fourth-order valence-corrected chi connectivity index (χ4v) is 2.59. The Balaban J connectivity index is 1.70. The number of pyridine rings is 1. The van der Waals surface area contributed by atoms with Gasteiger partial charge in [0.1, 0.15) is 12.2 Å². The number of aromatic amines is 1. The van der Waals surface area contributed by atoms with Crippen LogP contribution in [0.2, 0.25) is 0 Å². The predicted molar refractivity (Wildman–Crippen MR) is 83.4 cm³/mol. The number of ether oxygens (including phenoxy) is 1. The van der Waals surface area contributed by atoms with E-state index in [0.29, 0.717) is 18.7 Å². The quantitative estimate of drug-likeness (QED) is 0.890. The lowest BCUT2D eigenvalue weighted by Gasteiger charge is -2.32. The zero-order valence-corrected chi connectivity index (χ0v) is 12.8. The summed E-state index contributed by atoms with van der Waals surface area (Å²) < 4.78 is 5.76. The molecule has 1 aliphatic rings. The summed E-state index contributed by atoms with van der Waals surface area (Å²) in [6.07, 6.45) is 5.58.